The third kappa shape index (κ3) is 3.40. The Bertz CT molecular complexity index is 505. The summed E-state index contributed by atoms with van der Waals surface area (Å²) in [6.07, 6.45) is 0.353. The fourth-order valence-corrected chi connectivity index (χ4v) is 3.71. The van der Waals surface area contributed by atoms with Crippen molar-refractivity contribution in [3.63, 3.8) is 0 Å². The van der Waals surface area contributed by atoms with Crippen molar-refractivity contribution >= 4 is 11.3 Å². The lowest BCUT2D eigenvalue weighted by molar-refractivity contribution is -0.142. The summed E-state index contributed by atoms with van der Waals surface area (Å²) < 4.78 is 45.2. The molecule has 2 fully saturated rings. The first-order valence-corrected chi connectivity index (χ1v) is 8.15. The quantitative estimate of drug-likeness (QED) is 0.915. The molecule has 0 bridgehead atoms. The highest BCUT2D eigenvalue weighted by atomic mass is 32.1. The van der Waals surface area contributed by atoms with Gasteiger partial charge < -0.3 is 10.1 Å². The number of nitrogens with zero attached hydrogens (tertiary/aromatic N) is 1. The highest BCUT2D eigenvalue weighted by molar-refractivity contribution is 7.11. The van der Waals surface area contributed by atoms with Crippen LogP contribution >= 0.6 is 11.3 Å². The molecule has 1 unspecified atom stereocenters. The summed E-state index contributed by atoms with van der Waals surface area (Å²) in [5, 5.41) is 3.60. The molecular weight excluding hydrogens is 301 g/mol. The van der Waals surface area contributed by atoms with Crippen LogP contribution in [0.15, 0.2) is 0 Å². The topological polar surface area (TPSA) is 34.2 Å². The largest absolute Gasteiger partial charge is 0.434 e. The Kier molecular flexibility index (Phi) is 4.00. The number of halogens is 3. The van der Waals surface area contributed by atoms with Gasteiger partial charge in [0.15, 0.2) is 5.69 Å². The number of thiazole rings is 1. The zero-order valence-corrected chi connectivity index (χ0v) is 12.7. The van der Waals surface area contributed by atoms with Crippen molar-refractivity contribution in [3.8, 4) is 0 Å². The molecule has 1 N–H and O–H groups in total. The molecule has 0 aromatic carbocycles. The van der Waals surface area contributed by atoms with Crippen molar-refractivity contribution in [1.82, 2.24) is 10.3 Å². The van der Waals surface area contributed by atoms with Crippen LogP contribution in [0.5, 0.6) is 0 Å². The summed E-state index contributed by atoms with van der Waals surface area (Å²) in [4.78, 5) is 4.18. The van der Waals surface area contributed by atoms with Crippen LogP contribution in [-0.2, 0) is 23.1 Å². The van der Waals surface area contributed by atoms with Gasteiger partial charge in [0.25, 0.3) is 0 Å². The molecule has 3 rings (SSSR count). The van der Waals surface area contributed by atoms with Gasteiger partial charge in [-0.15, -0.1) is 11.3 Å². The molecule has 21 heavy (non-hydrogen) atoms. The van der Waals surface area contributed by atoms with Crippen LogP contribution in [0.2, 0.25) is 0 Å². The van der Waals surface area contributed by atoms with Gasteiger partial charge in [0.1, 0.15) is 10.6 Å². The molecule has 0 spiro atoms. The molecule has 1 aliphatic heterocycles. The lowest BCUT2D eigenvalue weighted by Gasteiger charge is -2.31. The Hall–Kier alpha value is -0.660. The zero-order valence-electron chi connectivity index (χ0n) is 11.9. The minimum absolute atomic E-state index is 0.243. The maximum Gasteiger partial charge on any atom is 0.434 e. The van der Waals surface area contributed by atoms with Crippen molar-refractivity contribution in [2.45, 2.75) is 63.4 Å². The van der Waals surface area contributed by atoms with E-state index in [0.29, 0.717) is 17.7 Å². The molecule has 1 saturated heterocycles. The molecule has 2 aliphatic rings. The van der Waals surface area contributed by atoms with Crippen molar-refractivity contribution in [2.75, 3.05) is 6.61 Å². The van der Waals surface area contributed by atoms with Crippen molar-refractivity contribution in [2.24, 2.45) is 0 Å². The average molecular weight is 320 g/mol. The second-order valence-corrected chi connectivity index (χ2v) is 7.06. The summed E-state index contributed by atoms with van der Waals surface area (Å²) in [5.41, 5.74) is -1.41. The van der Waals surface area contributed by atoms with Gasteiger partial charge in [-0.25, -0.2) is 4.98 Å². The van der Waals surface area contributed by atoms with Gasteiger partial charge in [-0.1, -0.05) is 0 Å². The number of rotatable bonds is 4. The predicted molar refractivity (Wildman–Crippen MR) is 74.1 cm³/mol. The Morgan fingerprint density at radius 2 is 2.14 bits per heavy atom. The number of ether oxygens (including phenoxy) is 1. The van der Waals surface area contributed by atoms with Crippen LogP contribution in [0.4, 0.5) is 13.2 Å². The highest BCUT2D eigenvalue weighted by Gasteiger charge is 2.41. The molecule has 1 aromatic rings. The smallest absolute Gasteiger partial charge is 0.368 e. The van der Waals surface area contributed by atoms with Crippen molar-refractivity contribution in [3.05, 3.63) is 15.6 Å². The third-order valence-corrected chi connectivity index (χ3v) is 5.32. The first-order valence-electron chi connectivity index (χ1n) is 7.33. The maximum absolute atomic E-state index is 13.2. The van der Waals surface area contributed by atoms with Crippen LogP contribution in [-0.4, -0.2) is 17.6 Å². The summed E-state index contributed by atoms with van der Waals surface area (Å²) in [6.45, 7) is 2.68. The minimum Gasteiger partial charge on any atom is -0.368 e. The number of hydrogen-bond acceptors (Lipinski definition) is 4. The van der Waals surface area contributed by atoms with Crippen molar-refractivity contribution in [1.29, 1.82) is 0 Å². The number of alkyl halides is 3. The Labute approximate surface area is 125 Å². The van der Waals surface area contributed by atoms with Crippen molar-refractivity contribution < 1.29 is 17.9 Å². The number of aromatic nitrogens is 1. The van der Waals surface area contributed by atoms with Gasteiger partial charge in [0.2, 0.25) is 0 Å². The first kappa shape index (κ1) is 15.2. The summed E-state index contributed by atoms with van der Waals surface area (Å²) in [6, 6.07) is 0.373. The molecule has 0 radical (unpaired) electrons. The highest BCUT2D eigenvalue weighted by Crippen LogP contribution is 2.42. The third-order valence-electron chi connectivity index (χ3n) is 4.02. The predicted octanol–water partition coefficient (Wildman–Crippen LogP) is 3.83. The molecule has 1 aromatic heterocycles. The van der Waals surface area contributed by atoms with E-state index in [0.717, 1.165) is 43.4 Å². The second-order valence-electron chi connectivity index (χ2n) is 5.98. The SMILES string of the molecule is CC1(c2nc(C(F)(F)F)c(CNC3CC3)s2)CCCCO1. The second kappa shape index (κ2) is 5.52. The monoisotopic (exact) mass is 320 g/mol. The first-order chi connectivity index (χ1) is 9.88. The molecule has 118 valence electrons. The van der Waals surface area contributed by atoms with Gasteiger partial charge in [0.05, 0.1) is 4.88 Å². The van der Waals surface area contributed by atoms with Crippen LogP contribution in [0.1, 0.15) is 54.6 Å². The molecular formula is C14H19F3N2OS. The van der Waals surface area contributed by atoms with Crippen LogP contribution < -0.4 is 5.32 Å². The van der Waals surface area contributed by atoms with Gasteiger partial charge >= 0.3 is 6.18 Å². The van der Waals surface area contributed by atoms with E-state index in [9.17, 15) is 13.2 Å². The van der Waals surface area contributed by atoms with E-state index in [2.05, 4.69) is 10.3 Å². The van der Waals surface area contributed by atoms with Gasteiger partial charge in [-0.05, 0) is 39.0 Å². The van der Waals surface area contributed by atoms with E-state index in [1.807, 2.05) is 6.92 Å². The van der Waals surface area contributed by atoms with E-state index < -0.39 is 17.5 Å². The molecule has 1 saturated carbocycles. The fourth-order valence-electron chi connectivity index (χ4n) is 2.55. The lowest BCUT2D eigenvalue weighted by atomic mass is 9.97. The standard InChI is InChI=1S/C14H19F3N2OS/c1-13(6-2-3-7-20-13)12-19-11(14(15,16)17)10(21-12)8-18-9-4-5-9/h9,18H,2-8H2,1H3. The fraction of sp³-hybridized carbons (Fsp3) is 0.786. The van der Waals surface area contributed by atoms with Gasteiger partial charge in [-0.3, -0.25) is 0 Å². The Morgan fingerprint density at radius 1 is 1.38 bits per heavy atom. The zero-order chi connectivity index (χ0) is 15.1. The molecule has 0 amide bonds. The average Bonchev–Trinajstić information content (AvgIpc) is 3.13. The van der Waals surface area contributed by atoms with E-state index in [4.69, 9.17) is 4.74 Å². The van der Waals surface area contributed by atoms with Crippen LogP contribution in [0.3, 0.4) is 0 Å². The van der Waals surface area contributed by atoms with E-state index in [1.165, 1.54) is 0 Å². The van der Waals surface area contributed by atoms with E-state index in [-0.39, 0.29) is 11.4 Å². The molecule has 3 nitrogen and oxygen atoms in total. The summed E-state index contributed by atoms with van der Waals surface area (Å²) in [7, 11) is 0. The minimum atomic E-state index is -4.40. The van der Waals surface area contributed by atoms with Crippen LogP contribution in [0.25, 0.3) is 0 Å². The Morgan fingerprint density at radius 3 is 2.71 bits per heavy atom. The van der Waals surface area contributed by atoms with E-state index >= 15 is 0 Å². The molecule has 1 atom stereocenters. The summed E-state index contributed by atoms with van der Waals surface area (Å²) >= 11 is 1.14. The normalized spacial score (nSPS) is 27.0. The van der Waals surface area contributed by atoms with Crippen LogP contribution in [0, 0.1) is 0 Å². The maximum atomic E-state index is 13.2. The molecule has 1 aliphatic carbocycles. The lowest BCUT2D eigenvalue weighted by Crippen LogP contribution is -2.30. The Balaban J connectivity index is 1.86. The number of nitrogens with one attached hydrogen (secondary N) is 1. The number of hydrogen-bond donors (Lipinski definition) is 1. The van der Waals surface area contributed by atoms with Gasteiger partial charge in [0, 0.05) is 19.2 Å². The van der Waals surface area contributed by atoms with Gasteiger partial charge in [-0.2, -0.15) is 13.2 Å². The molecule has 2 heterocycles. The van der Waals surface area contributed by atoms with E-state index in [1.54, 1.807) is 0 Å². The summed E-state index contributed by atoms with van der Waals surface area (Å²) in [5.74, 6) is 0. The molecule has 7 heteroatoms.